The van der Waals surface area contributed by atoms with Crippen LogP contribution in [-0.4, -0.2) is 28.4 Å². The molecule has 0 radical (unpaired) electrons. The van der Waals surface area contributed by atoms with Gasteiger partial charge >= 0.3 is 0 Å². The lowest BCUT2D eigenvalue weighted by molar-refractivity contribution is 0.513. The minimum absolute atomic E-state index is 0.263. The van der Waals surface area contributed by atoms with Crippen LogP contribution in [0.25, 0.3) is 5.69 Å². The maximum atomic E-state index is 13.6. The fraction of sp³-hybridized carbons (Fsp3) is 0.0714. The molecule has 0 amide bonds. The van der Waals surface area contributed by atoms with Crippen molar-refractivity contribution in [1.82, 2.24) is 24.7 Å². The molecule has 2 heterocycles. The van der Waals surface area contributed by atoms with Gasteiger partial charge in [0.25, 0.3) is 0 Å². The lowest BCUT2D eigenvalue weighted by Crippen LogP contribution is -2.25. The summed E-state index contributed by atoms with van der Waals surface area (Å²) in [6.45, 7) is -0.263. The molecular weight excluding hydrogens is 340 g/mol. The molecule has 0 aliphatic rings. The highest BCUT2D eigenvalue weighted by Crippen LogP contribution is 2.18. The summed E-state index contributed by atoms with van der Waals surface area (Å²) >= 11 is 0. The van der Waals surface area contributed by atoms with Crippen LogP contribution in [0.4, 0.5) is 8.78 Å². The Morgan fingerprint density at radius 2 is 1.75 bits per heavy atom. The second kappa shape index (κ2) is 6.42. The molecule has 0 bridgehead atoms. The van der Waals surface area contributed by atoms with Gasteiger partial charge in [-0.2, -0.15) is 0 Å². The highest BCUT2D eigenvalue weighted by atomic mass is 32.2. The molecule has 7 nitrogen and oxygen atoms in total. The molecule has 24 heavy (non-hydrogen) atoms. The molecule has 0 atom stereocenters. The Balaban J connectivity index is 1.78. The second-order valence-corrected chi connectivity index (χ2v) is 6.44. The third-order valence-electron chi connectivity index (χ3n) is 3.10. The van der Waals surface area contributed by atoms with Gasteiger partial charge in [-0.25, -0.2) is 26.6 Å². The van der Waals surface area contributed by atoms with E-state index in [1.807, 2.05) is 0 Å². The molecule has 0 aliphatic heterocycles. The first-order valence-electron chi connectivity index (χ1n) is 6.73. The first-order chi connectivity index (χ1) is 11.5. The van der Waals surface area contributed by atoms with Crippen LogP contribution in [0, 0.1) is 11.6 Å². The first kappa shape index (κ1) is 16.1. The van der Waals surface area contributed by atoms with Gasteiger partial charge in [0.2, 0.25) is 10.0 Å². The molecule has 0 fully saturated rings. The summed E-state index contributed by atoms with van der Waals surface area (Å²) < 4.78 is 54.9. The van der Waals surface area contributed by atoms with Gasteiger partial charge in [-0.3, -0.25) is 4.98 Å². The Morgan fingerprint density at radius 1 is 1.08 bits per heavy atom. The van der Waals surface area contributed by atoms with Crippen LogP contribution < -0.4 is 4.72 Å². The minimum atomic E-state index is -4.36. The van der Waals surface area contributed by atoms with Crippen LogP contribution in [0.15, 0.2) is 53.8 Å². The molecule has 10 heteroatoms. The standard InChI is InChI=1S/C14H11F2N5O2S/c15-12-2-1-3-13(16)14(12)24(22,23)18-8-10-9-21(20-19-10)11-4-6-17-7-5-11/h1-7,9,18H,8H2. The van der Waals surface area contributed by atoms with E-state index < -0.39 is 26.6 Å². The van der Waals surface area contributed by atoms with Gasteiger partial charge in [0.1, 0.15) is 11.6 Å². The number of halogens is 2. The summed E-state index contributed by atoms with van der Waals surface area (Å²) in [6, 6.07) is 6.22. The van der Waals surface area contributed by atoms with Crippen molar-refractivity contribution in [1.29, 1.82) is 0 Å². The van der Waals surface area contributed by atoms with Crippen molar-refractivity contribution in [3.63, 3.8) is 0 Å². The molecule has 3 aromatic rings. The molecule has 0 saturated carbocycles. The quantitative estimate of drug-likeness (QED) is 0.751. The molecule has 0 unspecified atom stereocenters. The lowest BCUT2D eigenvalue weighted by Gasteiger charge is -2.07. The van der Waals surface area contributed by atoms with Crippen molar-refractivity contribution in [2.75, 3.05) is 0 Å². The van der Waals surface area contributed by atoms with Gasteiger partial charge < -0.3 is 0 Å². The zero-order valence-electron chi connectivity index (χ0n) is 12.1. The lowest BCUT2D eigenvalue weighted by atomic mass is 10.3. The van der Waals surface area contributed by atoms with Gasteiger partial charge in [-0.05, 0) is 24.3 Å². The van der Waals surface area contributed by atoms with Crippen molar-refractivity contribution >= 4 is 10.0 Å². The highest BCUT2D eigenvalue weighted by Gasteiger charge is 2.23. The number of aromatic nitrogens is 4. The van der Waals surface area contributed by atoms with Crippen molar-refractivity contribution in [2.24, 2.45) is 0 Å². The Hall–Kier alpha value is -2.72. The van der Waals surface area contributed by atoms with Crippen LogP contribution in [0.3, 0.4) is 0 Å². The van der Waals surface area contributed by atoms with E-state index >= 15 is 0 Å². The zero-order chi connectivity index (χ0) is 17.2. The van der Waals surface area contributed by atoms with Crippen molar-refractivity contribution in [3.05, 3.63) is 66.3 Å². The molecular formula is C14H11F2N5O2S. The van der Waals surface area contributed by atoms with Gasteiger partial charge in [0, 0.05) is 12.4 Å². The van der Waals surface area contributed by atoms with Gasteiger partial charge in [-0.1, -0.05) is 11.3 Å². The van der Waals surface area contributed by atoms with E-state index in [0.717, 1.165) is 18.2 Å². The van der Waals surface area contributed by atoms with Crippen molar-refractivity contribution < 1.29 is 17.2 Å². The van der Waals surface area contributed by atoms with Crippen LogP contribution in [0.5, 0.6) is 0 Å². The maximum Gasteiger partial charge on any atom is 0.246 e. The SMILES string of the molecule is O=S(=O)(NCc1cn(-c2ccncc2)nn1)c1c(F)cccc1F. The summed E-state index contributed by atoms with van der Waals surface area (Å²) in [4.78, 5) is 2.85. The van der Waals surface area contributed by atoms with E-state index in [4.69, 9.17) is 0 Å². The largest absolute Gasteiger partial charge is 0.265 e. The fourth-order valence-corrected chi connectivity index (χ4v) is 3.11. The third kappa shape index (κ3) is 3.29. The Morgan fingerprint density at radius 3 is 2.42 bits per heavy atom. The summed E-state index contributed by atoms with van der Waals surface area (Å²) in [5, 5.41) is 7.66. The number of benzene rings is 1. The summed E-state index contributed by atoms with van der Waals surface area (Å²) in [7, 11) is -4.36. The summed E-state index contributed by atoms with van der Waals surface area (Å²) in [5.41, 5.74) is 0.971. The molecule has 0 aliphatic carbocycles. The molecule has 3 rings (SSSR count). The van der Waals surface area contributed by atoms with E-state index in [-0.39, 0.29) is 12.2 Å². The van der Waals surface area contributed by atoms with E-state index in [1.54, 1.807) is 24.5 Å². The average molecular weight is 351 g/mol. The molecule has 124 valence electrons. The number of hydrogen-bond acceptors (Lipinski definition) is 5. The Kier molecular flexibility index (Phi) is 4.32. The number of nitrogens with one attached hydrogen (secondary N) is 1. The molecule has 1 N–H and O–H groups in total. The van der Waals surface area contributed by atoms with Gasteiger partial charge in [0.15, 0.2) is 4.90 Å². The number of nitrogens with zero attached hydrogens (tertiary/aromatic N) is 4. The van der Waals surface area contributed by atoms with E-state index in [0.29, 0.717) is 5.69 Å². The number of pyridine rings is 1. The second-order valence-electron chi connectivity index (χ2n) is 4.74. The van der Waals surface area contributed by atoms with Crippen LogP contribution in [-0.2, 0) is 16.6 Å². The third-order valence-corrected chi connectivity index (χ3v) is 4.55. The zero-order valence-corrected chi connectivity index (χ0v) is 12.9. The topological polar surface area (TPSA) is 89.8 Å². The molecule has 0 saturated heterocycles. The Labute approximate surface area is 136 Å². The van der Waals surface area contributed by atoms with Crippen LogP contribution in [0.2, 0.25) is 0 Å². The van der Waals surface area contributed by atoms with E-state index in [1.165, 1.54) is 10.9 Å². The monoisotopic (exact) mass is 351 g/mol. The molecule has 2 aromatic heterocycles. The number of rotatable bonds is 5. The fourth-order valence-electron chi connectivity index (χ4n) is 1.98. The van der Waals surface area contributed by atoms with E-state index in [9.17, 15) is 17.2 Å². The van der Waals surface area contributed by atoms with Crippen molar-refractivity contribution in [2.45, 2.75) is 11.4 Å². The summed E-state index contributed by atoms with van der Waals surface area (Å²) in [5.74, 6) is -2.33. The van der Waals surface area contributed by atoms with E-state index in [2.05, 4.69) is 20.0 Å². The minimum Gasteiger partial charge on any atom is -0.265 e. The predicted molar refractivity (Wildman–Crippen MR) is 79.5 cm³/mol. The van der Waals surface area contributed by atoms with Crippen molar-refractivity contribution in [3.8, 4) is 5.69 Å². The maximum absolute atomic E-state index is 13.6. The normalized spacial score (nSPS) is 11.6. The Bertz CT molecular complexity index is 940. The average Bonchev–Trinajstić information content (AvgIpc) is 3.03. The predicted octanol–water partition coefficient (Wildman–Crippen LogP) is 1.42. The number of sulfonamides is 1. The highest BCUT2D eigenvalue weighted by molar-refractivity contribution is 7.89. The van der Waals surface area contributed by atoms with Crippen LogP contribution in [0.1, 0.15) is 5.69 Å². The smallest absolute Gasteiger partial charge is 0.246 e. The van der Waals surface area contributed by atoms with Gasteiger partial charge in [0.05, 0.1) is 24.1 Å². The summed E-state index contributed by atoms with van der Waals surface area (Å²) in [6.07, 6.45) is 4.64. The molecule has 0 spiro atoms. The molecule has 1 aromatic carbocycles. The van der Waals surface area contributed by atoms with Gasteiger partial charge in [-0.15, -0.1) is 5.10 Å². The first-order valence-corrected chi connectivity index (χ1v) is 8.21. The van der Waals surface area contributed by atoms with Crippen LogP contribution >= 0.6 is 0 Å². The number of hydrogen-bond donors (Lipinski definition) is 1.